The van der Waals surface area contributed by atoms with E-state index in [-0.39, 0.29) is 29.3 Å². The number of aromatic nitrogens is 3. The highest BCUT2D eigenvalue weighted by Crippen LogP contribution is 2.45. The maximum Gasteiger partial charge on any atom is 0.348 e. The van der Waals surface area contributed by atoms with E-state index in [9.17, 15) is 14.4 Å². The van der Waals surface area contributed by atoms with Gasteiger partial charge in [-0.05, 0) is 56.7 Å². The molecule has 2 fully saturated rings. The molecule has 3 atom stereocenters. The van der Waals surface area contributed by atoms with Gasteiger partial charge in [0.25, 0.3) is 5.91 Å². The van der Waals surface area contributed by atoms with Gasteiger partial charge in [0.2, 0.25) is 5.91 Å². The third-order valence-electron chi connectivity index (χ3n) is 6.31. The van der Waals surface area contributed by atoms with E-state index in [0.717, 1.165) is 25.1 Å². The van der Waals surface area contributed by atoms with Crippen molar-refractivity contribution in [3.05, 3.63) is 52.0 Å². The summed E-state index contributed by atoms with van der Waals surface area (Å²) in [5.74, 6) is 0.693. The minimum atomic E-state index is -0.286. The Morgan fingerprint density at radius 1 is 1.34 bits per heavy atom. The number of piperidine rings is 1. The molecule has 154 valence electrons. The lowest BCUT2D eigenvalue weighted by Crippen LogP contribution is -2.56. The molecule has 4 rings (SSSR count). The number of rotatable bonds is 5. The zero-order chi connectivity index (χ0) is 20.5. The molecule has 0 radical (unpaired) electrons. The topological polar surface area (TPSA) is 100 Å². The van der Waals surface area contributed by atoms with Gasteiger partial charge in [-0.1, -0.05) is 0 Å². The van der Waals surface area contributed by atoms with Crippen LogP contribution >= 0.6 is 0 Å². The van der Waals surface area contributed by atoms with Crippen molar-refractivity contribution >= 4 is 11.8 Å². The van der Waals surface area contributed by atoms with Crippen molar-refractivity contribution in [2.24, 2.45) is 17.8 Å². The Morgan fingerprint density at radius 2 is 2.17 bits per heavy atom. The molecule has 0 bridgehead atoms. The second kappa shape index (κ2) is 7.85. The molecule has 2 aliphatic rings. The zero-order valence-electron chi connectivity index (χ0n) is 16.9. The third kappa shape index (κ3) is 3.83. The van der Waals surface area contributed by atoms with Gasteiger partial charge in [-0.2, -0.15) is 4.98 Å². The second-order valence-electron chi connectivity index (χ2n) is 8.15. The number of carbonyl (C=O) groups excluding carboxylic acids is 2. The molecular formula is C21H27N5O3. The monoisotopic (exact) mass is 397 g/mol. The third-order valence-corrected chi connectivity index (χ3v) is 6.31. The van der Waals surface area contributed by atoms with E-state index in [1.165, 1.54) is 0 Å². The molecule has 29 heavy (non-hydrogen) atoms. The Labute approximate surface area is 169 Å². The number of aromatic amines is 1. The number of aryl methyl sites for hydroxylation is 2. The van der Waals surface area contributed by atoms with E-state index in [1.54, 1.807) is 23.8 Å². The molecule has 8 nitrogen and oxygen atoms in total. The highest BCUT2D eigenvalue weighted by molar-refractivity contribution is 5.92. The average Bonchev–Trinajstić information content (AvgIpc) is 3.19. The van der Waals surface area contributed by atoms with Gasteiger partial charge < -0.3 is 15.2 Å². The number of H-pyrrole nitrogens is 1. The number of nitrogens with zero attached hydrogens (tertiary/aromatic N) is 3. The van der Waals surface area contributed by atoms with Crippen molar-refractivity contribution in [1.82, 2.24) is 24.8 Å². The van der Waals surface area contributed by atoms with Crippen molar-refractivity contribution in [1.29, 1.82) is 0 Å². The Morgan fingerprint density at radius 3 is 2.90 bits per heavy atom. The molecule has 2 N–H and O–H groups in total. The second-order valence-corrected chi connectivity index (χ2v) is 8.15. The SMILES string of the molecule is Cc1cc(C)n(CCNC(=O)[C@@H]2C[C@H]3CCN(C(=O)c4ccc[nH]4)C[C@H]32)c(=O)n1. The predicted octanol–water partition coefficient (Wildman–Crippen LogP) is 1.10. The van der Waals surface area contributed by atoms with Crippen molar-refractivity contribution in [3.63, 3.8) is 0 Å². The highest BCUT2D eigenvalue weighted by atomic mass is 16.2. The quantitative estimate of drug-likeness (QED) is 0.789. The predicted molar refractivity (Wildman–Crippen MR) is 107 cm³/mol. The normalized spacial score (nSPS) is 23.2. The van der Waals surface area contributed by atoms with Crippen molar-refractivity contribution in [2.45, 2.75) is 33.2 Å². The van der Waals surface area contributed by atoms with Crippen LogP contribution in [0.1, 0.15) is 34.7 Å². The molecule has 0 unspecified atom stereocenters. The van der Waals surface area contributed by atoms with Crippen molar-refractivity contribution < 1.29 is 9.59 Å². The molecule has 1 aliphatic carbocycles. The van der Waals surface area contributed by atoms with Gasteiger partial charge in [0.05, 0.1) is 0 Å². The van der Waals surface area contributed by atoms with Crippen LogP contribution in [0.2, 0.25) is 0 Å². The Kier molecular flexibility index (Phi) is 5.25. The fraction of sp³-hybridized carbons (Fsp3) is 0.524. The molecule has 1 saturated heterocycles. The fourth-order valence-electron chi connectivity index (χ4n) is 4.67. The van der Waals surface area contributed by atoms with Gasteiger partial charge >= 0.3 is 5.69 Å². The van der Waals surface area contributed by atoms with Crippen LogP contribution in [0, 0.1) is 31.6 Å². The molecule has 1 aliphatic heterocycles. The average molecular weight is 397 g/mol. The van der Waals surface area contributed by atoms with Crippen LogP contribution in [0.4, 0.5) is 0 Å². The maximum atomic E-state index is 12.7. The summed E-state index contributed by atoms with van der Waals surface area (Å²) in [6, 6.07) is 5.46. The molecule has 0 spiro atoms. The van der Waals surface area contributed by atoms with Crippen LogP contribution in [0.5, 0.6) is 0 Å². The Hall–Kier alpha value is -2.90. The number of fused-ring (bicyclic) bond motifs is 1. The first-order chi connectivity index (χ1) is 13.9. The molecule has 0 aromatic carbocycles. The van der Waals surface area contributed by atoms with Crippen LogP contribution < -0.4 is 11.0 Å². The van der Waals surface area contributed by atoms with Gasteiger partial charge in [0.15, 0.2) is 0 Å². The van der Waals surface area contributed by atoms with Crippen LogP contribution in [-0.2, 0) is 11.3 Å². The zero-order valence-corrected chi connectivity index (χ0v) is 16.9. The molecule has 3 heterocycles. The summed E-state index contributed by atoms with van der Waals surface area (Å²) in [6.07, 6.45) is 3.58. The summed E-state index contributed by atoms with van der Waals surface area (Å²) >= 11 is 0. The summed E-state index contributed by atoms with van der Waals surface area (Å²) in [5.41, 5.74) is 1.85. The summed E-state index contributed by atoms with van der Waals surface area (Å²) < 4.78 is 1.58. The van der Waals surface area contributed by atoms with Gasteiger partial charge in [-0.15, -0.1) is 0 Å². The lowest BCUT2D eigenvalue weighted by atomic mass is 9.61. The first-order valence-electron chi connectivity index (χ1n) is 10.2. The summed E-state index contributed by atoms with van der Waals surface area (Å²) in [7, 11) is 0. The van der Waals surface area contributed by atoms with Crippen molar-refractivity contribution in [2.75, 3.05) is 19.6 Å². The van der Waals surface area contributed by atoms with Crippen molar-refractivity contribution in [3.8, 4) is 0 Å². The number of likely N-dealkylation sites (tertiary alicyclic amines) is 1. The molecule has 2 amide bonds. The van der Waals surface area contributed by atoms with E-state index >= 15 is 0 Å². The Bertz CT molecular complexity index is 965. The number of hydrogen-bond donors (Lipinski definition) is 2. The van der Waals surface area contributed by atoms with Crippen LogP contribution in [0.15, 0.2) is 29.2 Å². The minimum Gasteiger partial charge on any atom is -0.357 e. The van der Waals surface area contributed by atoms with Gasteiger partial charge in [0.1, 0.15) is 5.69 Å². The first kappa shape index (κ1) is 19.4. The summed E-state index contributed by atoms with van der Waals surface area (Å²) in [5, 5.41) is 2.97. The van der Waals surface area contributed by atoms with Crippen LogP contribution in [-0.4, -0.2) is 50.9 Å². The van der Waals surface area contributed by atoms with Crippen LogP contribution in [0.3, 0.4) is 0 Å². The smallest absolute Gasteiger partial charge is 0.348 e. The number of amides is 2. The molecule has 2 aromatic rings. The van der Waals surface area contributed by atoms with Gasteiger partial charge in [0, 0.05) is 49.7 Å². The van der Waals surface area contributed by atoms with Crippen LogP contribution in [0.25, 0.3) is 0 Å². The minimum absolute atomic E-state index is 0.00114. The summed E-state index contributed by atoms with van der Waals surface area (Å²) in [6.45, 7) is 5.83. The van der Waals surface area contributed by atoms with Gasteiger partial charge in [-0.25, -0.2) is 4.79 Å². The van der Waals surface area contributed by atoms with E-state index in [1.807, 2.05) is 24.0 Å². The first-order valence-corrected chi connectivity index (χ1v) is 10.2. The molecule has 2 aromatic heterocycles. The number of carbonyl (C=O) groups is 2. The Balaban J connectivity index is 1.31. The fourth-order valence-corrected chi connectivity index (χ4v) is 4.67. The van der Waals surface area contributed by atoms with E-state index in [2.05, 4.69) is 15.3 Å². The number of hydrogen-bond acceptors (Lipinski definition) is 4. The maximum absolute atomic E-state index is 12.7. The number of nitrogens with one attached hydrogen (secondary N) is 2. The molecular weight excluding hydrogens is 370 g/mol. The summed E-state index contributed by atoms with van der Waals surface area (Å²) in [4.78, 5) is 46.1. The van der Waals surface area contributed by atoms with E-state index in [0.29, 0.717) is 36.9 Å². The van der Waals surface area contributed by atoms with E-state index in [4.69, 9.17) is 0 Å². The van der Waals surface area contributed by atoms with Gasteiger partial charge in [-0.3, -0.25) is 14.2 Å². The molecule has 1 saturated carbocycles. The lowest BCUT2D eigenvalue weighted by Gasteiger charge is -2.50. The standard InChI is InChI=1S/C21H27N5O3/c1-13-10-14(2)26(21(29)24-13)9-7-23-19(27)16-11-15-5-8-25(12-17(15)16)20(28)18-4-3-6-22-18/h3-4,6,10,15-17,22H,5,7-9,11-12H2,1-2H3,(H,23,27)/t15-,16-,17-/m1/s1. The molecule has 8 heteroatoms. The lowest BCUT2D eigenvalue weighted by molar-refractivity contribution is -0.136. The largest absolute Gasteiger partial charge is 0.357 e. The highest BCUT2D eigenvalue weighted by Gasteiger charge is 2.48. The van der Waals surface area contributed by atoms with E-state index < -0.39 is 0 Å².